The first-order valence-corrected chi connectivity index (χ1v) is 8.62. The molecule has 6 nitrogen and oxygen atoms in total. The number of nitrogens with zero attached hydrogens (tertiary/aromatic N) is 1. The van der Waals surface area contributed by atoms with E-state index in [4.69, 9.17) is 4.74 Å². The van der Waals surface area contributed by atoms with Crippen molar-refractivity contribution in [3.8, 4) is 11.5 Å². The SMILES string of the molecule is O=NC(=O)c1cc(NC(=O)c2ccccc2F)c(Oc2ccccc2)c(C(F)(F)F)c1. The fourth-order valence-corrected chi connectivity index (χ4v) is 2.66. The van der Waals surface area contributed by atoms with Crippen LogP contribution in [0, 0.1) is 10.7 Å². The van der Waals surface area contributed by atoms with Crippen molar-refractivity contribution in [2.24, 2.45) is 5.18 Å². The highest BCUT2D eigenvalue weighted by molar-refractivity contribution is 6.06. The normalized spacial score (nSPS) is 11.0. The summed E-state index contributed by atoms with van der Waals surface area (Å²) in [6, 6.07) is 13.4. The predicted molar refractivity (Wildman–Crippen MR) is 102 cm³/mol. The number of carbonyl (C=O) groups excluding carboxylic acids is 2. The van der Waals surface area contributed by atoms with E-state index in [2.05, 4.69) is 10.5 Å². The van der Waals surface area contributed by atoms with Crippen LogP contribution >= 0.6 is 0 Å². The number of carbonyl (C=O) groups is 2. The van der Waals surface area contributed by atoms with Crippen molar-refractivity contribution in [3.63, 3.8) is 0 Å². The molecular weight excluding hydrogens is 420 g/mol. The first-order chi connectivity index (χ1) is 14.7. The van der Waals surface area contributed by atoms with Gasteiger partial charge >= 0.3 is 12.1 Å². The lowest BCUT2D eigenvalue weighted by molar-refractivity contribution is -0.138. The van der Waals surface area contributed by atoms with Crippen LogP contribution in [0.4, 0.5) is 23.2 Å². The molecule has 0 saturated carbocycles. The van der Waals surface area contributed by atoms with Crippen LogP contribution in [-0.2, 0) is 6.18 Å². The van der Waals surface area contributed by atoms with Crippen LogP contribution in [0.15, 0.2) is 71.9 Å². The summed E-state index contributed by atoms with van der Waals surface area (Å²) in [5.41, 5.74) is -3.22. The molecule has 3 rings (SSSR count). The molecule has 0 saturated heterocycles. The second kappa shape index (κ2) is 8.74. The molecule has 0 atom stereocenters. The Kier molecular flexibility index (Phi) is 6.10. The summed E-state index contributed by atoms with van der Waals surface area (Å²) in [6.45, 7) is 0. The number of hydrogen-bond acceptors (Lipinski definition) is 4. The molecule has 0 heterocycles. The van der Waals surface area contributed by atoms with Gasteiger partial charge in [-0.3, -0.25) is 9.59 Å². The third kappa shape index (κ3) is 4.92. The van der Waals surface area contributed by atoms with Crippen LogP contribution in [0.2, 0.25) is 0 Å². The zero-order valence-corrected chi connectivity index (χ0v) is 15.4. The van der Waals surface area contributed by atoms with E-state index >= 15 is 0 Å². The van der Waals surface area contributed by atoms with E-state index in [1.807, 2.05) is 0 Å². The van der Waals surface area contributed by atoms with Gasteiger partial charge in [0.25, 0.3) is 5.91 Å². The minimum Gasteiger partial charge on any atom is -0.455 e. The van der Waals surface area contributed by atoms with E-state index in [0.29, 0.717) is 6.07 Å². The molecule has 1 N–H and O–H groups in total. The van der Waals surface area contributed by atoms with Gasteiger partial charge in [0.05, 0.1) is 11.3 Å². The molecular formula is C21H12F4N2O4. The molecule has 0 aliphatic rings. The maximum absolute atomic E-state index is 13.9. The Morgan fingerprint density at radius 1 is 0.935 bits per heavy atom. The summed E-state index contributed by atoms with van der Waals surface area (Å²) >= 11 is 0. The minimum absolute atomic E-state index is 0.00183. The van der Waals surface area contributed by atoms with Crippen molar-refractivity contribution >= 4 is 17.5 Å². The van der Waals surface area contributed by atoms with E-state index in [9.17, 15) is 32.1 Å². The van der Waals surface area contributed by atoms with Crippen molar-refractivity contribution in [2.45, 2.75) is 6.18 Å². The average Bonchev–Trinajstić information content (AvgIpc) is 2.74. The second-order valence-corrected chi connectivity index (χ2v) is 6.14. The van der Waals surface area contributed by atoms with Crippen molar-refractivity contribution in [1.82, 2.24) is 0 Å². The van der Waals surface area contributed by atoms with E-state index in [-0.39, 0.29) is 5.75 Å². The molecule has 0 radical (unpaired) electrons. The van der Waals surface area contributed by atoms with Crippen molar-refractivity contribution in [2.75, 3.05) is 5.32 Å². The third-order valence-electron chi connectivity index (χ3n) is 4.05. The molecule has 10 heteroatoms. The number of ether oxygens (including phenoxy) is 1. The highest BCUT2D eigenvalue weighted by atomic mass is 19.4. The monoisotopic (exact) mass is 432 g/mol. The van der Waals surface area contributed by atoms with Crippen LogP contribution in [0.3, 0.4) is 0 Å². The summed E-state index contributed by atoms with van der Waals surface area (Å²) < 4.78 is 60.5. The quantitative estimate of drug-likeness (QED) is 0.408. The number of para-hydroxylation sites is 1. The molecule has 3 aromatic rings. The van der Waals surface area contributed by atoms with Gasteiger partial charge in [0.2, 0.25) is 0 Å². The molecule has 0 spiro atoms. The zero-order chi connectivity index (χ0) is 22.6. The first-order valence-electron chi connectivity index (χ1n) is 8.62. The lowest BCUT2D eigenvalue weighted by atomic mass is 10.1. The fraction of sp³-hybridized carbons (Fsp3) is 0.0476. The van der Waals surface area contributed by atoms with Gasteiger partial charge < -0.3 is 10.1 Å². The highest BCUT2D eigenvalue weighted by Crippen LogP contribution is 2.43. The zero-order valence-electron chi connectivity index (χ0n) is 15.4. The van der Waals surface area contributed by atoms with Crippen LogP contribution in [0.25, 0.3) is 0 Å². The Morgan fingerprint density at radius 2 is 1.58 bits per heavy atom. The Balaban J connectivity index is 2.17. The fourth-order valence-electron chi connectivity index (χ4n) is 2.66. The van der Waals surface area contributed by atoms with Gasteiger partial charge in [-0.05, 0) is 36.4 Å². The van der Waals surface area contributed by atoms with Crippen LogP contribution in [0.1, 0.15) is 26.3 Å². The maximum Gasteiger partial charge on any atom is 0.420 e. The molecule has 0 aliphatic carbocycles. The van der Waals surface area contributed by atoms with Gasteiger partial charge in [0, 0.05) is 10.7 Å². The number of benzene rings is 3. The Hall–Kier alpha value is -4.08. The molecule has 0 aromatic heterocycles. The number of anilines is 1. The van der Waals surface area contributed by atoms with Crippen molar-refractivity contribution < 1.29 is 31.9 Å². The number of nitroso groups, excluding NO2 is 1. The maximum atomic E-state index is 13.9. The van der Waals surface area contributed by atoms with Gasteiger partial charge in [0.1, 0.15) is 17.1 Å². The summed E-state index contributed by atoms with van der Waals surface area (Å²) in [4.78, 5) is 34.8. The minimum atomic E-state index is -5.03. The number of amides is 2. The van der Waals surface area contributed by atoms with Crippen molar-refractivity contribution in [1.29, 1.82) is 0 Å². The summed E-state index contributed by atoms with van der Waals surface area (Å²) in [7, 11) is 0. The van der Waals surface area contributed by atoms with Crippen molar-refractivity contribution in [3.05, 3.63) is 94.1 Å². The second-order valence-electron chi connectivity index (χ2n) is 6.14. The van der Waals surface area contributed by atoms with Crippen LogP contribution in [0.5, 0.6) is 11.5 Å². The van der Waals surface area contributed by atoms with Gasteiger partial charge in [-0.25, -0.2) is 4.39 Å². The smallest absolute Gasteiger partial charge is 0.420 e. The third-order valence-corrected chi connectivity index (χ3v) is 4.05. The Bertz CT molecular complexity index is 1150. The van der Waals surface area contributed by atoms with Crippen LogP contribution in [-0.4, -0.2) is 11.8 Å². The lowest BCUT2D eigenvalue weighted by Crippen LogP contribution is -2.17. The largest absolute Gasteiger partial charge is 0.455 e. The van der Waals surface area contributed by atoms with E-state index in [0.717, 1.165) is 18.2 Å². The topological polar surface area (TPSA) is 84.8 Å². The molecule has 0 bridgehead atoms. The lowest BCUT2D eigenvalue weighted by Gasteiger charge is -2.19. The number of hydrogen-bond donors (Lipinski definition) is 1. The number of halogens is 4. The molecule has 158 valence electrons. The van der Waals surface area contributed by atoms with Gasteiger partial charge in [0.15, 0.2) is 5.75 Å². The number of rotatable bonds is 5. The Morgan fingerprint density at radius 3 is 2.19 bits per heavy atom. The van der Waals surface area contributed by atoms with Gasteiger partial charge in [-0.15, -0.1) is 4.91 Å². The summed E-state index contributed by atoms with van der Waals surface area (Å²) in [6.07, 6.45) is -5.03. The summed E-state index contributed by atoms with van der Waals surface area (Å²) in [5.74, 6) is -4.33. The van der Waals surface area contributed by atoms with E-state index in [1.54, 1.807) is 6.07 Å². The van der Waals surface area contributed by atoms with Gasteiger partial charge in [-0.2, -0.15) is 13.2 Å². The first kappa shape index (κ1) is 21.6. The van der Waals surface area contributed by atoms with E-state index in [1.165, 1.54) is 36.4 Å². The molecule has 0 unspecified atom stereocenters. The van der Waals surface area contributed by atoms with Crippen LogP contribution < -0.4 is 10.1 Å². The molecule has 0 fully saturated rings. The average molecular weight is 432 g/mol. The van der Waals surface area contributed by atoms with E-state index < -0.39 is 51.9 Å². The highest BCUT2D eigenvalue weighted by Gasteiger charge is 2.37. The number of alkyl halides is 3. The predicted octanol–water partition coefficient (Wildman–Crippen LogP) is 5.80. The Labute approximate surface area is 172 Å². The molecule has 3 aromatic carbocycles. The molecule has 2 amide bonds. The molecule has 0 aliphatic heterocycles. The summed E-state index contributed by atoms with van der Waals surface area (Å²) in [5, 5.41) is 4.24. The standard InChI is InChI=1S/C21H12F4N2O4/c22-16-9-5-4-8-14(16)20(29)26-17-11-12(19(28)27-30)10-15(21(23,24)25)18(17)31-13-6-2-1-3-7-13/h1-11H,(H,26,29). The molecule has 31 heavy (non-hydrogen) atoms. The number of nitrogens with one attached hydrogen (secondary N) is 1. The van der Waals surface area contributed by atoms with Gasteiger partial charge in [-0.1, -0.05) is 30.3 Å².